The molecule has 0 aliphatic rings. The molecule has 21 heavy (non-hydrogen) atoms. The van der Waals surface area contributed by atoms with Gasteiger partial charge in [-0.2, -0.15) is 5.10 Å². The maximum absolute atomic E-state index is 12.2. The Morgan fingerprint density at radius 3 is 2.62 bits per heavy atom. The summed E-state index contributed by atoms with van der Waals surface area (Å²) in [6, 6.07) is 7.57. The molecule has 0 unspecified atom stereocenters. The molecule has 0 aliphatic carbocycles. The van der Waals surface area contributed by atoms with Gasteiger partial charge in [0, 0.05) is 18.6 Å². The first-order valence-electron chi connectivity index (χ1n) is 6.87. The van der Waals surface area contributed by atoms with E-state index in [4.69, 9.17) is 17.3 Å². The summed E-state index contributed by atoms with van der Waals surface area (Å²) in [5.74, 6) is -0.198. The van der Waals surface area contributed by atoms with E-state index in [0.29, 0.717) is 29.4 Å². The summed E-state index contributed by atoms with van der Waals surface area (Å²) < 4.78 is 1.53. The highest BCUT2D eigenvalue weighted by Crippen LogP contribution is 2.16. The van der Waals surface area contributed by atoms with Gasteiger partial charge >= 0.3 is 0 Å². The van der Waals surface area contributed by atoms with Gasteiger partial charge in [0.05, 0.1) is 11.4 Å². The average Bonchev–Trinajstić information content (AvgIpc) is 2.75. The number of halogens is 1. The zero-order valence-electron chi connectivity index (χ0n) is 12.2. The average molecular weight is 307 g/mol. The molecule has 1 heterocycles. The molecule has 0 fully saturated rings. The predicted octanol–water partition coefficient (Wildman–Crippen LogP) is 2.19. The molecule has 0 saturated heterocycles. The predicted molar refractivity (Wildman–Crippen MR) is 84.5 cm³/mol. The summed E-state index contributed by atoms with van der Waals surface area (Å²) in [5.41, 5.74) is 8.71. The van der Waals surface area contributed by atoms with Gasteiger partial charge in [0.2, 0.25) is 0 Å². The van der Waals surface area contributed by atoms with Crippen LogP contribution in [0.4, 0.5) is 5.69 Å². The van der Waals surface area contributed by atoms with Gasteiger partial charge in [-0.05, 0) is 30.5 Å². The van der Waals surface area contributed by atoms with Crippen LogP contribution in [0.2, 0.25) is 5.02 Å². The zero-order chi connectivity index (χ0) is 15.4. The number of hydrogen-bond acceptors (Lipinski definition) is 3. The Morgan fingerprint density at radius 2 is 2.05 bits per heavy atom. The number of amides is 1. The van der Waals surface area contributed by atoms with Crippen molar-refractivity contribution in [1.82, 2.24) is 15.1 Å². The van der Waals surface area contributed by atoms with Crippen LogP contribution in [0.15, 0.2) is 24.3 Å². The van der Waals surface area contributed by atoms with Crippen molar-refractivity contribution in [2.75, 3.05) is 12.3 Å². The summed E-state index contributed by atoms with van der Waals surface area (Å²) in [6.45, 7) is 2.49. The molecule has 0 aliphatic heterocycles. The fourth-order valence-electron chi connectivity index (χ4n) is 2.18. The van der Waals surface area contributed by atoms with Crippen molar-refractivity contribution < 1.29 is 4.79 Å². The Hall–Kier alpha value is -2.01. The number of nitrogens with zero attached hydrogens (tertiary/aromatic N) is 2. The minimum Gasteiger partial charge on any atom is -0.395 e. The van der Waals surface area contributed by atoms with Gasteiger partial charge < -0.3 is 11.1 Å². The first kappa shape index (κ1) is 15.4. The summed E-state index contributed by atoms with van der Waals surface area (Å²) >= 11 is 5.83. The molecule has 1 aromatic heterocycles. The molecule has 1 aromatic carbocycles. The van der Waals surface area contributed by atoms with Crippen LogP contribution < -0.4 is 11.1 Å². The van der Waals surface area contributed by atoms with E-state index in [1.807, 2.05) is 31.2 Å². The highest BCUT2D eigenvalue weighted by atomic mass is 35.5. The lowest BCUT2D eigenvalue weighted by Crippen LogP contribution is -2.28. The van der Waals surface area contributed by atoms with Gasteiger partial charge in [0.25, 0.3) is 5.91 Å². The number of aromatic nitrogens is 2. The van der Waals surface area contributed by atoms with Crippen molar-refractivity contribution in [1.29, 1.82) is 0 Å². The van der Waals surface area contributed by atoms with Gasteiger partial charge in [-0.25, -0.2) is 0 Å². The molecule has 112 valence electrons. The molecule has 0 bridgehead atoms. The third kappa shape index (κ3) is 3.55. The largest absolute Gasteiger partial charge is 0.395 e. The maximum atomic E-state index is 12.2. The summed E-state index contributed by atoms with van der Waals surface area (Å²) in [7, 11) is 1.73. The third-order valence-electron chi connectivity index (χ3n) is 3.32. The van der Waals surface area contributed by atoms with E-state index in [1.165, 1.54) is 4.68 Å². The van der Waals surface area contributed by atoms with Gasteiger partial charge in [0.15, 0.2) is 0 Å². The fourth-order valence-corrected chi connectivity index (χ4v) is 2.31. The quantitative estimate of drug-likeness (QED) is 0.889. The number of nitrogen functional groups attached to an aromatic ring is 1. The van der Waals surface area contributed by atoms with E-state index < -0.39 is 0 Å². The molecule has 2 aromatic rings. The van der Waals surface area contributed by atoms with E-state index >= 15 is 0 Å². The first-order valence-corrected chi connectivity index (χ1v) is 7.24. The summed E-state index contributed by atoms with van der Waals surface area (Å²) in [5, 5.41) is 7.82. The number of carbonyl (C=O) groups excluding carboxylic acids is 1. The molecule has 0 atom stereocenters. The number of carbonyl (C=O) groups is 1. The normalized spacial score (nSPS) is 10.6. The standard InChI is InChI=1S/C15H19ClN4O/c1-3-12-13(17)14(20(2)19-12)15(21)18-9-8-10-4-6-11(16)7-5-10/h4-7H,3,8-9,17H2,1-2H3,(H,18,21). The van der Waals surface area contributed by atoms with E-state index in [1.54, 1.807) is 7.05 Å². The van der Waals surface area contributed by atoms with Crippen LogP contribution in [0.1, 0.15) is 28.7 Å². The van der Waals surface area contributed by atoms with Crippen molar-refractivity contribution in [3.05, 3.63) is 46.2 Å². The number of anilines is 1. The van der Waals surface area contributed by atoms with E-state index in [-0.39, 0.29) is 5.91 Å². The van der Waals surface area contributed by atoms with Crippen LogP contribution in [0.25, 0.3) is 0 Å². The topological polar surface area (TPSA) is 72.9 Å². The Kier molecular flexibility index (Phi) is 4.85. The van der Waals surface area contributed by atoms with Crippen molar-refractivity contribution in [2.45, 2.75) is 19.8 Å². The van der Waals surface area contributed by atoms with Crippen LogP contribution in [0.3, 0.4) is 0 Å². The zero-order valence-corrected chi connectivity index (χ0v) is 12.9. The number of nitrogens with two attached hydrogens (primary N) is 1. The summed E-state index contributed by atoms with van der Waals surface area (Å²) in [6.07, 6.45) is 1.44. The Bertz CT molecular complexity index is 634. The fraction of sp³-hybridized carbons (Fsp3) is 0.333. The monoisotopic (exact) mass is 306 g/mol. The highest BCUT2D eigenvalue weighted by Gasteiger charge is 2.18. The second-order valence-electron chi connectivity index (χ2n) is 4.82. The first-order chi connectivity index (χ1) is 10.0. The smallest absolute Gasteiger partial charge is 0.271 e. The lowest BCUT2D eigenvalue weighted by molar-refractivity contribution is 0.0945. The minimum atomic E-state index is -0.198. The molecule has 5 nitrogen and oxygen atoms in total. The number of aryl methyl sites for hydroxylation is 2. The highest BCUT2D eigenvalue weighted by molar-refractivity contribution is 6.30. The van der Waals surface area contributed by atoms with Crippen molar-refractivity contribution in [3.8, 4) is 0 Å². The minimum absolute atomic E-state index is 0.198. The van der Waals surface area contributed by atoms with E-state index in [2.05, 4.69) is 10.4 Å². The molecule has 0 spiro atoms. The van der Waals surface area contributed by atoms with Crippen molar-refractivity contribution in [3.63, 3.8) is 0 Å². The van der Waals surface area contributed by atoms with Gasteiger partial charge in [-0.1, -0.05) is 30.7 Å². The number of benzene rings is 1. The number of rotatable bonds is 5. The van der Waals surface area contributed by atoms with Crippen molar-refractivity contribution >= 4 is 23.2 Å². The molecule has 6 heteroatoms. The SMILES string of the molecule is CCc1nn(C)c(C(=O)NCCc2ccc(Cl)cc2)c1N. The van der Waals surface area contributed by atoms with E-state index in [9.17, 15) is 4.79 Å². The van der Waals surface area contributed by atoms with Crippen LogP contribution in [0, 0.1) is 0 Å². The second-order valence-corrected chi connectivity index (χ2v) is 5.25. The maximum Gasteiger partial charge on any atom is 0.271 e. The Morgan fingerprint density at radius 1 is 1.38 bits per heavy atom. The van der Waals surface area contributed by atoms with Crippen molar-refractivity contribution in [2.24, 2.45) is 7.05 Å². The molecule has 0 saturated carbocycles. The van der Waals surface area contributed by atoms with Gasteiger partial charge in [0.1, 0.15) is 5.69 Å². The molecule has 2 rings (SSSR count). The number of nitrogens with one attached hydrogen (secondary N) is 1. The number of hydrogen-bond donors (Lipinski definition) is 2. The van der Waals surface area contributed by atoms with Gasteiger partial charge in [-0.3, -0.25) is 9.48 Å². The third-order valence-corrected chi connectivity index (χ3v) is 3.57. The van der Waals surface area contributed by atoms with Crippen LogP contribution >= 0.6 is 11.6 Å². The molecular weight excluding hydrogens is 288 g/mol. The summed E-state index contributed by atoms with van der Waals surface area (Å²) in [4.78, 5) is 12.2. The second kappa shape index (κ2) is 6.63. The molecule has 1 amide bonds. The lowest BCUT2D eigenvalue weighted by atomic mass is 10.1. The Labute approximate surface area is 129 Å². The lowest BCUT2D eigenvalue weighted by Gasteiger charge is -2.06. The Balaban J connectivity index is 1.96. The van der Waals surface area contributed by atoms with E-state index in [0.717, 1.165) is 17.7 Å². The van der Waals surface area contributed by atoms with Crippen LogP contribution in [0.5, 0.6) is 0 Å². The van der Waals surface area contributed by atoms with Crippen LogP contribution in [-0.4, -0.2) is 22.2 Å². The molecule has 0 radical (unpaired) electrons. The molecular formula is C15H19ClN4O. The van der Waals surface area contributed by atoms with Gasteiger partial charge in [-0.15, -0.1) is 0 Å². The van der Waals surface area contributed by atoms with Crippen LogP contribution in [-0.2, 0) is 19.9 Å². The molecule has 3 N–H and O–H groups in total.